The standard InChI is InChI=1S/C18H38N4O2.2C2H6/c1-14(2)21-17(11-7-9-13-20-5)18(24)22-16(15(3)23)10-6-8-12-19-4;2*1-2/h14,16-17,19-21H,6-13H2,1-5H3,(H,22,24);2*1-2H3. The summed E-state index contributed by atoms with van der Waals surface area (Å²) >= 11 is 0. The molecule has 1 amide bonds. The molecule has 0 spiro atoms. The summed E-state index contributed by atoms with van der Waals surface area (Å²) in [6.45, 7) is 15.5. The van der Waals surface area contributed by atoms with E-state index in [-0.39, 0.29) is 29.8 Å². The Morgan fingerprint density at radius 2 is 1.18 bits per heavy atom. The SMILES string of the molecule is CC.CC.CNCCCCC(NC(=O)C(CCCCNC)NC(C)C)C(C)=O. The van der Waals surface area contributed by atoms with E-state index in [9.17, 15) is 9.59 Å². The number of carbonyl (C=O) groups excluding carboxylic acids is 2. The van der Waals surface area contributed by atoms with E-state index in [0.29, 0.717) is 6.42 Å². The molecule has 0 aromatic carbocycles. The average molecular weight is 403 g/mol. The predicted octanol–water partition coefficient (Wildman–Crippen LogP) is 3.26. The quantitative estimate of drug-likeness (QED) is 0.316. The molecule has 0 heterocycles. The highest BCUT2D eigenvalue weighted by molar-refractivity contribution is 5.89. The molecule has 0 rings (SSSR count). The first kappa shape index (κ1) is 31.7. The third-order valence-corrected chi connectivity index (χ3v) is 4.00. The molecular weight excluding hydrogens is 352 g/mol. The summed E-state index contributed by atoms with van der Waals surface area (Å²) in [7, 11) is 3.85. The van der Waals surface area contributed by atoms with Crippen molar-refractivity contribution in [2.75, 3.05) is 27.2 Å². The Morgan fingerprint density at radius 1 is 0.750 bits per heavy atom. The van der Waals surface area contributed by atoms with Gasteiger partial charge in [0.1, 0.15) is 0 Å². The van der Waals surface area contributed by atoms with Crippen molar-refractivity contribution in [2.45, 2.75) is 105 Å². The van der Waals surface area contributed by atoms with Crippen LogP contribution in [0.5, 0.6) is 0 Å². The van der Waals surface area contributed by atoms with Crippen LogP contribution >= 0.6 is 0 Å². The third kappa shape index (κ3) is 19.8. The number of unbranched alkanes of at least 4 members (excludes halogenated alkanes) is 2. The van der Waals surface area contributed by atoms with Crippen molar-refractivity contribution in [1.29, 1.82) is 0 Å². The lowest BCUT2D eigenvalue weighted by atomic mass is 10.0. The van der Waals surface area contributed by atoms with Crippen LogP contribution in [-0.2, 0) is 9.59 Å². The summed E-state index contributed by atoms with van der Waals surface area (Å²) in [5, 5.41) is 12.5. The van der Waals surface area contributed by atoms with Crippen molar-refractivity contribution in [2.24, 2.45) is 0 Å². The summed E-state index contributed by atoms with van der Waals surface area (Å²) in [5.41, 5.74) is 0. The maximum Gasteiger partial charge on any atom is 0.237 e. The van der Waals surface area contributed by atoms with Crippen LogP contribution in [0.15, 0.2) is 0 Å². The van der Waals surface area contributed by atoms with Crippen LogP contribution in [0.4, 0.5) is 0 Å². The van der Waals surface area contributed by atoms with Gasteiger partial charge in [0.25, 0.3) is 0 Å². The predicted molar refractivity (Wildman–Crippen MR) is 123 cm³/mol. The lowest BCUT2D eigenvalue weighted by molar-refractivity contribution is -0.128. The van der Waals surface area contributed by atoms with Gasteiger partial charge in [0.15, 0.2) is 5.78 Å². The van der Waals surface area contributed by atoms with Gasteiger partial charge in [0.05, 0.1) is 12.1 Å². The molecule has 2 atom stereocenters. The molecule has 4 N–H and O–H groups in total. The van der Waals surface area contributed by atoms with Gasteiger partial charge in [-0.05, 0) is 66.2 Å². The van der Waals surface area contributed by atoms with Gasteiger partial charge < -0.3 is 21.3 Å². The topological polar surface area (TPSA) is 82.3 Å². The van der Waals surface area contributed by atoms with Crippen LogP contribution < -0.4 is 21.3 Å². The zero-order chi connectivity index (χ0) is 22.4. The fourth-order valence-electron chi connectivity index (χ4n) is 2.64. The zero-order valence-corrected chi connectivity index (χ0v) is 20.2. The molecule has 0 radical (unpaired) electrons. The number of rotatable bonds is 15. The van der Waals surface area contributed by atoms with Crippen LogP contribution in [0.2, 0.25) is 0 Å². The molecule has 170 valence electrons. The maximum atomic E-state index is 12.6. The van der Waals surface area contributed by atoms with Crippen molar-refractivity contribution < 1.29 is 9.59 Å². The number of nitrogens with one attached hydrogen (secondary N) is 4. The molecule has 2 unspecified atom stereocenters. The fourth-order valence-corrected chi connectivity index (χ4v) is 2.64. The van der Waals surface area contributed by atoms with E-state index >= 15 is 0 Å². The first-order chi connectivity index (χ1) is 13.4. The van der Waals surface area contributed by atoms with E-state index in [0.717, 1.165) is 45.2 Å². The van der Waals surface area contributed by atoms with Gasteiger partial charge in [-0.3, -0.25) is 9.59 Å². The van der Waals surface area contributed by atoms with Gasteiger partial charge in [0.2, 0.25) is 5.91 Å². The van der Waals surface area contributed by atoms with Crippen LogP contribution in [0, 0.1) is 0 Å². The zero-order valence-electron chi connectivity index (χ0n) is 20.2. The first-order valence-electron chi connectivity index (χ1n) is 11.3. The molecule has 0 aliphatic rings. The van der Waals surface area contributed by atoms with Gasteiger partial charge in [-0.15, -0.1) is 0 Å². The first-order valence-corrected chi connectivity index (χ1v) is 11.3. The summed E-state index contributed by atoms with van der Waals surface area (Å²) in [5.74, 6) is -0.0201. The minimum Gasteiger partial charge on any atom is -0.345 e. The second-order valence-electron chi connectivity index (χ2n) is 6.74. The Labute approximate surface area is 175 Å². The summed E-state index contributed by atoms with van der Waals surface area (Å²) in [6.07, 6.45) is 5.45. The number of ketones is 1. The summed E-state index contributed by atoms with van der Waals surface area (Å²) in [4.78, 5) is 24.4. The number of hydrogen-bond donors (Lipinski definition) is 4. The molecule has 0 aliphatic heterocycles. The van der Waals surface area contributed by atoms with E-state index in [4.69, 9.17) is 0 Å². The van der Waals surface area contributed by atoms with Gasteiger partial charge in [-0.1, -0.05) is 48.0 Å². The van der Waals surface area contributed by atoms with Crippen LogP contribution in [0.1, 0.15) is 87.0 Å². The van der Waals surface area contributed by atoms with Crippen molar-refractivity contribution >= 4 is 11.7 Å². The van der Waals surface area contributed by atoms with Gasteiger partial charge in [-0.25, -0.2) is 0 Å². The molecule has 0 aromatic rings. The number of hydrogen-bond acceptors (Lipinski definition) is 5. The van der Waals surface area contributed by atoms with Crippen LogP contribution in [0.25, 0.3) is 0 Å². The van der Waals surface area contributed by atoms with Gasteiger partial charge in [-0.2, -0.15) is 0 Å². The average Bonchev–Trinajstić information content (AvgIpc) is 2.69. The second-order valence-corrected chi connectivity index (χ2v) is 6.74. The van der Waals surface area contributed by atoms with Crippen molar-refractivity contribution in [3.05, 3.63) is 0 Å². The van der Waals surface area contributed by atoms with E-state index in [1.54, 1.807) is 6.92 Å². The van der Waals surface area contributed by atoms with E-state index in [1.165, 1.54) is 0 Å². The second kappa shape index (κ2) is 24.1. The Hall–Kier alpha value is -0.980. The lowest BCUT2D eigenvalue weighted by Gasteiger charge is -2.24. The molecule has 6 heteroatoms. The summed E-state index contributed by atoms with van der Waals surface area (Å²) < 4.78 is 0. The highest BCUT2D eigenvalue weighted by atomic mass is 16.2. The number of carbonyl (C=O) groups is 2. The smallest absolute Gasteiger partial charge is 0.237 e. The normalized spacial score (nSPS) is 12.2. The molecular formula is C22H50N4O2. The van der Waals surface area contributed by atoms with Gasteiger partial charge in [0, 0.05) is 6.04 Å². The van der Waals surface area contributed by atoms with Crippen molar-refractivity contribution in [1.82, 2.24) is 21.3 Å². The van der Waals surface area contributed by atoms with Gasteiger partial charge >= 0.3 is 0 Å². The highest BCUT2D eigenvalue weighted by Gasteiger charge is 2.23. The molecule has 6 nitrogen and oxygen atoms in total. The molecule has 0 saturated carbocycles. The van der Waals surface area contributed by atoms with E-state index < -0.39 is 0 Å². The Balaban J connectivity index is -0.00000146. The van der Waals surface area contributed by atoms with Crippen LogP contribution in [0.3, 0.4) is 0 Å². The van der Waals surface area contributed by atoms with E-state index in [1.807, 2.05) is 55.6 Å². The third-order valence-electron chi connectivity index (χ3n) is 4.00. The minimum atomic E-state index is -0.372. The molecule has 0 saturated heterocycles. The molecule has 28 heavy (non-hydrogen) atoms. The minimum absolute atomic E-state index is 0.0336. The van der Waals surface area contributed by atoms with Crippen molar-refractivity contribution in [3.8, 4) is 0 Å². The van der Waals surface area contributed by atoms with Crippen molar-refractivity contribution in [3.63, 3.8) is 0 Å². The molecule has 0 aromatic heterocycles. The van der Waals surface area contributed by atoms with E-state index in [2.05, 4.69) is 21.3 Å². The Bertz CT molecular complexity index is 349. The fraction of sp³-hybridized carbons (Fsp3) is 0.909. The highest BCUT2D eigenvalue weighted by Crippen LogP contribution is 2.06. The maximum absolute atomic E-state index is 12.6. The molecule has 0 bridgehead atoms. The van der Waals surface area contributed by atoms with Crippen LogP contribution in [-0.4, -0.2) is 57.0 Å². The number of amides is 1. The Kier molecular flexibility index (Phi) is 27.2. The lowest BCUT2D eigenvalue weighted by Crippen LogP contribution is -2.51. The Morgan fingerprint density at radius 3 is 1.54 bits per heavy atom. The number of Topliss-reactive ketones (excluding diaryl/α,β-unsaturated/α-hetero) is 1. The largest absolute Gasteiger partial charge is 0.345 e. The molecule has 0 aliphatic carbocycles. The monoisotopic (exact) mass is 402 g/mol. The summed E-state index contributed by atoms with van der Waals surface area (Å²) in [6, 6.07) is -0.374. The molecule has 0 fully saturated rings.